The van der Waals surface area contributed by atoms with Crippen LogP contribution < -0.4 is 10.5 Å². The second-order valence-corrected chi connectivity index (χ2v) is 6.62. The van der Waals surface area contributed by atoms with Crippen molar-refractivity contribution >= 4 is 33.0 Å². The number of nitrogen functional groups attached to an aromatic ring is 1. The van der Waals surface area contributed by atoms with Crippen LogP contribution in [0.5, 0.6) is 0 Å². The average molecular weight is 311 g/mol. The lowest BCUT2D eigenvalue weighted by Crippen LogP contribution is -2.15. The van der Waals surface area contributed by atoms with E-state index in [0.717, 1.165) is 0 Å². The molecule has 0 aromatic heterocycles. The molecule has 0 aliphatic carbocycles. The Morgan fingerprint density at radius 2 is 1.85 bits per heavy atom. The molecule has 2 rings (SSSR count). The second-order valence-electron chi connectivity index (χ2n) is 4.54. The molecule has 20 heavy (non-hydrogen) atoms. The van der Waals surface area contributed by atoms with Crippen molar-refractivity contribution in [2.45, 2.75) is 18.7 Å². The molecular weight excluding hydrogens is 296 g/mol. The molecule has 106 valence electrons. The number of nitrogens with two attached hydrogens (primary N) is 1. The highest BCUT2D eigenvalue weighted by atomic mass is 35.5. The van der Waals surface area contributed by atoms with E-state index in [4.69, 9.17) is 17.3 Å². The van der Waals surface area contributed by atoms with Gasteiger partial charge < -0.3 is 5.73 Å². The van der Waals surface area contributed by atoms with E-state index < -0.39 is 10.0 Å². The van der Waals surface area contributed by atoms with Crippen LogP contribution in [0.1, 0.15) is 11.1 Å². The summed E-state index contributed by atoms with van der Waals surface area (Å²) in [6, 6.07) is 9.75. The van der Waals surface area contributed by atoms with E-state index in [-0.39, 0.29) is 4.90 Å². The van der Waals surface area contributed by atoms with Gasteiger partial charge in [0.05, 0.1) is 10.6 Å². The molecule has 3 N–H and O–H groups in total. The van der Waals surface area contributed by atoms with Crippen molar-refractivity contribution in [3.8, 4) is 0 Å². The smallest absolute Gasteiger partial charge is 0.262 e. The fraction of sp³-hybridized carbons (Fsp3) is 0.143. The van der Waals surface area contributed by atoms with Gasteiger partial charge in [0.15, 0.2) is 0 Å². The zero-order valence-corrected chi connectivity index (χ0v) is 12.7. The van der Waals surface area contributed by atoms with Crippen molar-refractivity contribution in [3.63, 3.8) is 0 Å². The number of anilines is 2. The molecule has 0 saturated carbocycles. The van der Waals surface area contributed by atoms with E-state index >= 15 is 0 Å². The standard InChI is InChI=1S/C14H15ClN2O2S/c1-9-8-11(15)6-7-14(9)20(18,19)17-13-5-3-4-12(16)10(13)2/h3-8,17H,16H2,1-2H3. The molecule has 0 spiro atoms. The van der Waals surface area contributed by atoms with Gasteiger partial charge in [-0.05, 0) is 55.3 Å². The van der Waals surface area contributed by atoms with Crippen molar-refractivity contribution in [1.82, 2.24) is 0 Å². The van der Waals surface area contributed by atoms with E-state index in [2.05, 4.69) is 4.72 Å². The van der Waals surface area contributed by atoms with E-state index in [1.54, 1.807) is 44.2 Å². The number of benzene rings is 2. The van der Waals surface area contributed by atoms with Gasteiger partial charge in [-0.25, -0.2) is 8.42 Å². The molecule has 0 aliphatic heterocycles. The summed E-state index contributed by atoms with van der Waals surface area (Å²) in [5, 5.41) is 0.501. The summed E-state index contributed by atoms with van der Waals surface area (Å²) in [4.78, 5) is 0.198. The van der Waals surface area contributed by atoms with Crippen molar-refractivity contribution in [2.75, 3.05) is 10.5 Å². The lowest BCUT2D eigenvalue weighted by molar-refractivity contribution is 0.600. The maximum atomic E-state index is 12.4. The molecule has 0 heterocycles. The first kappa shape index (κ1) is 14.7. The van der Waals surface area contributed by atoms with Gasteiger partial charge in [0, 0.05) is 10.7 Å². The van der Waals surface area contributed by atoms with Crippen LogP contribution in [-0.2, 0) is 10.0 Å². The number of hydrogen-bond acceptors (Lipinski definition) is 3. The van der Waals surface area contributed by atoms with Crippen LogP contribution in [0.2, 0.25) is 5.02 Å². The molecule has 0 amide bonds. The van der Waals surface area contributed by atoms with Gasteiger partial charge in [-0.2, -0.15) is 0 Å². The Kier molecular flexibility index (Phi) is 3.92. The minimum atomic E-state index is -3.66. The number of hydrogen-bond donors (Lipinski definition) is 2. The number of sulfonamides is 1. The molecule has 4 nitrogen and oxygen atoms in total. The van der Waals surface area contributed by atoms with Crippen LogP contribution >= 0.6 is 11.6 Å². The van der Waals surface area contributed by atoms with Gasteiger partial charge in [-0.3, -0.25) is 4.72 Å². The lowest BCUT2D eigenvalue weighted by atomic mass is 10.2. The second kappa shape index (κ2) is 5.34. The predicted octanol–water partition coefficient (Wildman–Crippen LogP) is 3.34. The van der Waals surface area contributed by atoms with Crippen LogP contribution in [0.4, 0.5) is 11.4 Å². The van der Waals surface area contributed by atoms with E-state index in [1.165, 1.54) is 6.07 Å². The molecular formula is C14H15ClN2O2S. The zero-order valence-electron chi connectivity index (χ0n) is 11.1. The molecule has 0 aliphatic rings. The van der Waals surface area contributed by atoms with E-state index in [1.807, 2.05) is 0 Å². The van der Waals surface area contributed by atoms with Gasteiger partial charge in [-0.1, -0.05) is 17.7 Å². The summed E-state index contributed by atoms with van der Waals surface area (Å²) in [7, 11) is -3.66. The molecule has 0 saturated heterocycles. The minimum Gasteiger partial charge on any atom is -0.398 e. The highest BCUT2D eigenvalue weighted by Crippen LogP contribution is 2.26. The Labute approximate surface area is 123 Å². The summed E-state index contributed by atoms with van der Waals surface area (Å²) in [5.74, 6) is 0. The Balaban J connectivity index is 2.44. The topological polar surface area (TPSA) is 72.2 Å². The van der Waals surface area contributed by atoms with E-state index in [0.29, 0.717) is 27.5 Å². The summed E-state index contributed by atoms with van der Waals surface area (Å²) in [6.07, 6.45) is 0. The molecule has 0 atom stereocenters. The van der Waals surface area contributed by atoms with Crippen molar-refractivity contribution in [2.24, 2.45) is 0 Å². The third kappa shape index (κ3) is 2.89. The van der Waals surface area contributed by atoms with Gasteiger partial charge in [0.25, 0.3) is 10.0 Å². The molecule has 2 aromatic carbocycles. The average Bonchev–Trinajstić information content (AvgIpc) is 2.34. The lowest BCUT2D eigenvalue weighted by Gasteiger charge is -2.13. The molecule has 0 unspecified atom stereocenters. The maximum Gasteiger partial charge on any atom is 0.262 e. The molecule has 2 aromatic rings. The van der Waals surface area contributed by atoms with Gasteiger partial charge in [0.2, 0.25) is 0 Å². The Hall–Kier alpha value is -1.72. The number of rotatable bonds is 3. The first-order valence-corrected chi connectivity index (χ1v) is 7.81. The van der Waals surface area contributed by atoms with E-state index in [9.17, 15) is 8.42 Å². The largest absolute Gasteiger partial charge is 0.398 e. The highest BCUT2D eigenvalue weighted by molar-refractivity contribution is 7.92. The molecule has 0 radical (unpaired) electrons. The number of aryl methyl sites for hydroxylation is 1. The quantitative estimate of drug-likeness (QED) is 0.854. The van der Waals surface area contributed by atoms with Crippen LogP contribution in [0.25, 0.3) is 0 Å². The third-order valence-corrected chi connectivity index (χ3v) is 4.81. The van der Waals surface area contributed by atoms with Crippen LogP contribution in [0.3, 0.4) is 0 Å². The van der Waals surface area contributed by atoms with Crippen molar-refractivity contribution in [3.05, 3.63) is 52.5 Å². The van der Waals surface area contributed by atoms with Crippen LogP contribution in [0, 0.1) is 13.8 Å². The van der Waals surface area contributed by atoms with Crippen LogP contribution in [-0.4, -0.2) is 8.42 Å². The Morgan fingerprint density at radius 3 is 2.50 bits per heavy atom. The minimum absolute atomic E-state index is 0.198. The molecule has 0 fully saturated rings. The normalized spacial score (nSPS) is 11.3. The summed E-state index contributed by atoms with van der Waals surface area (Å²) in [5.41, 5.74) is 8.07. The van der Waals surface area contributed by atoms with Crippen LogP contribution in [0.15, 0.2) is 41.3 Å². The Morgan fingerprint density at radius 1 is 1.15 bits per heavy atom. The predicted molar refractivity (Wildman–Crippen MR) is 82.6 cm³/mol. The maximum absolute atomic E-state index is 12.4. The molecule has 0 bridgehead atoms. The summed E-state index contributed by atoms with van der Waals surface area (Å²) < 4.78 is 27.4. The van der Waals surface area contributed by atoms with Gasteiger partial charge >= 0.3 is 0 Å². The fourth-order valence-electron chi connectivity index (χ4n) is 1.88. The third-order valence-electron chi connectivity index (χ3n) is 3.05. The number of halogens is 1. The number of nitrogens with one attached hydrogen (secondary N) is 1. The first-order chi connectivity index (χ1) is 9.31. The molecule has 6 heteroatoms. The SMILES string of the molecule is Cc1cc(Cl)ccc1S(=O)(=O)Nc1cccc(N)c1C. The highest BCUT2D eigenvalue weighted by Gasteiger charge is 2.18. The van der Waals surface area contributed by atoms with Gasteiger partial charge in [-0.15, -0.1) is 0 Å². The summed E-state index contributed by atoms with van der Waals surface area (Å²) >= 11 is 5.84. The van der Waals surface area contributed by atoms with Gasteiger partial charge in [0.1, 0.15) is 0 Å². The summed E-state index contributed by atoms with van der Waals surface area (Å²) in [6.45, 7) is 3.47. The Bertz CT molecular complexity index is 758. The first-order valence-electron chi connectivity index (χ1n) is 5.95. The zero-order chi connectivity index (χ0) is 14.9. The fourth-order valence-corrected chi connectivity index (χ4v) is 3.46. The van der Waals surface area contributed by atoms with Crippen molar-refractivity contribution in [1.29, 1.82) is 0 Å². The van der Waals surface area contributed by atoms with Crippen molar-refractivity contribution < 1.29 is 8.42 Å². The monoisotopic (exact) mass is 310 g/mol.